The fourth-order valence-electron chi connectivity index (χ4n) is 3.24. The smallest absolute Gasteiger partial charge is 0.363 e. The van der Waals surface area contributed by atoms with E-state index >= 15 is 0 Å². The molecule has 1 aliphatic heterocycles. The van der Waals surface area contributed by atoms with Gasteiger partial charge in [-0.25, -0.2) is 14.8 Å². The van der Waals surface area contributed by atoms with Crippen LogP contribution in [0.4, 0.5) is 10.8 Å². The van der Waals surface area contributed by atoms with Crippen LogP contribution in [0.3, 0.4) is 0 Å². The van der Waals surface area contributed by atoms with E-state index < -0.39 is 5.97 Å². The number of hydrogen-bond donors (Lipinski definition) is 0. The summed E-state index contributed by atoms with van der Waals surface area (Å²) >= 11 is 1.31. The fourth-order valence-corrected chi connectivity index (χ4v) is 4.09. The number of thiazole rings is 1. The molecule has 0 saturated heterocycles. The molecule has 0 aliphatic carbocycles. The zero-order valence-electron chi connectivity index (χ0n) is 17.8. The second-order valence-corrected chi connectivity index (χ2v) is 8.18. The highest BCUT2D eigenvalue weighted by Gasteiger charge is 2.27. The summed E-state index contributed by atoms with van der Waals surface area (Å²) in [5.74, 6) is 0.848. The largest absolute Gasteiger partial charge is 0.466 e. The number of carbonyl (C=O) groups is 2. The average molecular weight is 436 g/mol. The summed E-state index contributed by atoms with van der Waals surface area (Å²) in [6.07, 6.45) is 1.55. The van der Waals surface area contributed by atoms with Crippen LogP contribution in [-0.2, 0) is 14.3 Å². The number of furan rings is 1. The molecule has 3 heterocycles. The number of ether oxygens (including phenoxy) is 1. The summed E-state index contributed by atoms with van der Waals surface area (Å²) in [4.78, 5) is 35.0. The van der Waals surface area contributed by atoms with Gasteiger partial charge in [0.05, 0.1) is 16.9 Å². The van der Waals surface area contributed by atoms with E-state index in [0.29, 0.717) is 27.9 Å². The van der Waals surface area contributed by atoms with Crippen LogP contribution >= 0.6 is 11.3 Å². The van der Waals surface area contributed by atoms with Gasteiger partial charge in [-0.1, -0.05) is 6.07 Å². The lowest BCUT2D eigenvalue weighted by Crippen LogP contribution is -2.22. The van der Waals surface area contributed by atoms with Crippen molar-refractivity contribution in [3.8, 4) is 0 Å². The number of nitrogens with zero attached hydrogens (tertiary/aromatic N) is 3. The van der Waals surface area contributed by atoms with Gasteiger partial charge in [0.15, 0.2) is 10.8 Å². The molecule has 0 fully saturated rings. The van der Waals surface area contributed by atoms with Crippen molar-refractivity contribution in [3.63, 3.8) is 0 Å². The molecule has 2 aromatic heterocycles. The predicted molar refractivity (Wildman–Crippen MR) is 120 cm³/mol. The average Bonchev–Trinajstić information content (AvgIpc) is 3.38. The van der Waals surface area contributed by atoms with Gasteiger partial charge in [0.25, 0.3) is 0 Å². The Morgan fingerprint density at radius 1 is 1.13 bits per heavy atom. The van der Waals surface area contributed by atoms with Gasteiger partial charge in [0.1, 0.15) is 11.5 Å². The van der Waals surface area contributed by atoms with Crippen molar-refractivity contribution in [2.45, 2.75) is 34.6 Å². The molecular weight excluding hydrogens is 414 g/mol. The van der Waals surface area contributed by atoms with Gasteiger partial charge in [-0.15, -0.1) is 11.3 Å². The number of amides is 1. The molecule has 0 N–H and O–H groups in total. The number of aromatic nitrogens is 1. The van der Waals surface area contributed by atoms with Gasteiger partial charge in [0.2, 0.25) is 11.8 Å². The summed E-state index contributed by atoms with van der Waals surface area (Å²) < 4.78 is 10.8. The van der Waals surface area contributed by atoms with Crippen molar-refractivity contribution in [2.75, 3.05) is 4.90 Å². The van der Waals surface area contributed by atoms with Gasteiger partial charge in [-0.2, -0.15) is 0 Å². The van der Waals surface area contributed by atoms with Gasteiger partial charge in [-0.3, -0.25) is 9.69 Å². The minimum atomic E-state index is -0.555. The molecule has 0 radical (unpaired) electrons. The second-order valence-electron chi connectivity index (χ2n) is 7.34. The molecule has 3 aromatic rings. The van der Waals surface area contributed by atoms with Gasteiger partial charge in [-0.05, 0) is 63.1 Å². The van der Waals surface area contributed by atoms with Crippen LogP contribution in [0.5, 0.6) is 0 Å². The molecular formula is C23H21N3O4S. The summed E-state index contributed by atoms with van der Waals surface area (Å²) in [6, 6.07) is 7.60. The van der Waals surface area contributed by atoms with Crippen molar-refractivity contribution >= 4 is 46.0 Å². The van der Waals surface area contributed by atoms with E-state index in [-0.39, 0.29) is 17.5 Å². The number of aryl methyl sites for hydroxylation is 4. The van der Waals surface area contributed by atoms with Crippen LogP contribution in [0.25, 0.3) is 6.08 Å². The lowest BCUT2D eigenvalue weighted by atomic mass is 10.1. The topological polar surface area (TPSA) is 85.0 Å². The van der Waals surface area contributed by atoms with Crippen LogP contribution in [0.2, 0.25) is 0 Å². The van der Waals surface area contributed by atoms with E-state index in [1.165, 1.54) is 18.3 Å². The Morgan fingerprint density at radius 3 is 2.55 bits per heavy atom. The first-order valence-corrected chi connectivity index (χ1v) is 10.5. The molecule has 0 bridgehead atoms. The molecule has 0 atom stereocenters. The number of cyclic esters (lactones) is 1. The third-order valence-corrected chi connectivity index (χ3v) is 5.79. The summed E-state index contributed by atoms with van der Waals surface area (Å²) in [5, 5.41) is 2.28. The third-order valence-electron chi connectivity index (χ3n) is 4.94. The number of hydrogen-bond acceptors (Lipinski definition) is 7. The van der Waals surface area contributed by atoms with Crippen LogP contribution in [-0.4, -0.2) is 22.8 Å². The van der Waals surface area contributed by atoms with Gasteiger partial charge in [0, 0.05) is 12.3 Å². The minimum absolute atomic E-state index is 0.144. The van der Waals surface area contributed by atoms with Gasteiger partial charge >= 0.3 is 5.97 Å². The second kappa shape index (κ2) is 7.96. The van der Waals surface area contributed by atoms with E-state index in [0.717, 1.165) is 16.8 Å². The molecule has 0 spiro atoms. The van der Waals surface area contributed by atoms with Crippen molar-refractivity contribution < 1.29 is 18.7 Å². The first-order valence-electron chi connectivity index (χ1n) is 9.66. The SMILES string of the molecule is CC(=O)N(c1ccc(C)c(C)c1)c1nc(/C=C2\N=C(c3cc(C)oc3C)OC2=O)cs1. The maximum atomic E-state index is 12.4. The van der Waals surface area contributed by atoms with Crippen molar-refractivity contribution in [1.29, 1.82) is 0 Å². The maximum Gasteiger partial charge on any atom is 0.363 e. The lowest BCUT2D eigenvalue weighted by Gasteiger charge is -2.19. The lowest BCUT2D eigenvalue weighted by molar-refractivity contribution is -0.130. The summed E-state index contributed by atoms with van der Waals surface area (Å²) in [6.45, 7) is 9.12. The highest BCUT2D eigenvalue weighted by atomic mass is 32.1. The van der Waals surface area contributed by atoms with Crippen molar-refractivity contribution in [3.05, 3.63) is 69.2 Å². The van der Waals surface area contributed by atoms with E-state index in [2.05, 4.69) is 9.98 Å². The molecule has 7 nitrogen and oxygen atoms in total. The zero-order valence-corrected chi connectivity index (χ0v) is 18.7. The molecule has 31 heavy (non-hydrogen) atoms. The normalized spacial score (nSPS) is 14.7. The number of carbonyl (C=O) groups excluding carboxylic acids is 2. The van der Waals surface area contributed by atoms with Crippen LogP contribution in [0.15, 0.2) is 44.8 Å². The van der Waals surface area contributed by atoms with Crippen LogP contribution in [0.1, 0.15) is 40.8 Å². The van der Waals surface area contributed by atoms with E-state index in [1.54, 1.807) is 29.3 Å². The van der Waals surface area contributed by atoms with Gasteiger partial charge < -0.3 is 9.15 Å². The monoisotopic (exact) mass is 435 g/mol. The Morgan fingerprint density at radius 2 is 1.90 bits per heavy atom. The van der Waals surface area contributed by atoms with Crippen molar-refractivity contribution in [1.82, 2.24) is 4.98 Å². The molecule has 1 amide bonds. The Balaban J connectivity index is 1.65. The third kappa shape index (κ3) is 4.06. The molecule has 4 rings (SSSR count). The molecule has 158 valence electrons. The fraction of sp³-hybridized carbons (Fsp3) is 0.217. The molecule has 0 unspecified atom stereocenters. The number of esters is 1. The van der Waals surface area contributed by atoms with E-state index in [9.17, 15) is 9.59 Å². The Kier molecular flexibility index (Phi) is 5.32. The minimum Gasteiger partial charge on any atom is -0.466 e. The highest BCUT2D eigenvalue weighted by molar-refractivity contribution is 7.14. The quantitative estimate of drug-likeness (QED) is 0.425. The number of rotatable bonds is 4. The predicted octanol–water partition coefficient (Wildman–Crippen LogP) is 5.00. The molecule has 1 aromatic carbocycles. The van der Waals surface area contributed by atoms with Crippen molar-refractivity contribution in [2.24, 2.45) is 4.99 Å². The maximum absolute atomic E-state index is 12.4. The van der Waals surface area contributed by atoms with Crippen LogP contribution in [0, 0.1) is 27.7 Å². The summed E-state index contributed by atoms with van der Waals surface area (Å²) in [7, 11) is 0. The standard InChI is InChI=1S/C23H21N3O4S/c1-12-6-7-18(8-13(12)2)26(16(5)27)23-24-17(11-31-23)10-20-22(28)30-21(25-20)19-9-14(3)29-15(19)4/h6-11H,1-5H3/b20-10-. The number of aliphatic imine (C=N–C) groups is 1. The molecule has 1 aliphatic rings. The Bertz CT molecular complexity index is 1270. The van der Waals surface area contributed by atoms with E-state index in [4.69, 9.17) is 9.15 Å². The number of anilines is 2. The Labute approximate surface area is 183 Å². The molecule has 0 saturated carbocycles. The highest BCUT2D eigenvalue weighted by Crippen LogP contribution is 2.31. The van der Waals surface area contributed by atoms with Crippen LogP contribution < -0.4 is 4.90 Å². The zero-order chi connectivity index (χ0) is 22.3. The first kappa shape index (κ1) is 20.7. The molecule has 8 heteroatoms. The number of benzene rings is 1. The van der Waals surface area contributed by atoms with E-state index in [1.807, 2.05) is 39.0 Å². The Hall–Kier alpha value is -3.52. The first-order chi connectivity index (χ1) is 14.7. The summed E-state index contributed by atoms with van der Waals surface area (Å²) in [5.41, 5.74) is 4.29.